The van der Waals surface area contributed by atoms with Gasteiger partial charge in [0.15, 0.2) is 0 Å². The molecule has 2 rings (SSSR count). The lowest BCUT2D eigenvalue weighted by Gasteiger charge is -2.22. The average molecular weight is 348 g/mol. The van der Waals surface area contributed by atoms with Crippen LogP contribution in [-0.2, 0) is 11.2 Å². The van der Waals surface area contributed by atoms with Gasteiger partial charge in [-0.25, -0.2) is 0 Å². The van der Waals surface area contributed by atoms with Crippen LogP contribution in [0.3, 0.4) is 0 Å². The van der Waals surface area contributed by atoms with Crippen LogP contribution in [0.5, 0.6) is 0 Å². The summed E-state index contributed by atoms with van der Waals surface area (Å²) >= 11 is 1.93. The first kappa shape index (κ1) is 19.1. The molecular weight excluding hydrogens is 318 g/mol. The number of hydrogen-bond donors (Lipinski definition) is 1. The Kier molecular flexibility index (Phi) is 8.40. The van der Waals surface area contributed by atoms with Gasteiger partial charge in [-0.1, -0.05) is 55.8 Å². The maximum Gasteiger partial charge on any atom is 0.223 e. The monoisotopic (exact) mass is 347 g/mol. The Morgan fingerprint density at radius 2 is 2.12 bits per heavy atom. The molecule has 1 fully saturated rings. The summed E-state index contributed by atoms with van der Waals surface area (Å²) in [7, 11) is 0. The molecule has 0 aliphatic carbocycles. The Morgan fingerprint density at radius 3 is 2.88 bits per heavy atom. The summed E-state index contributed by atoms with van der Waals surface area (Å²) in [5.41, 5.74) is 1.13. The van der Waals surface area contributed by atoms with Gasteiger partial charge in [0, 0.05) is 25.1 Å². The summed E-state index contributed by atoms with van der Waals surface area (Å²) in [4.78, 5) is 14.0. The van der Waals surface area contributed by atoms with Gasteiger partial charge in [-0.05, 0) is 24.2 Å². The van der Waals surface area contributed by atoms with Crippen molar-refractivity contribution < 1.29 is 9.90 Å². The molecule has 132 valence electrons. The third-order valence-corrected chi connectivity index (χ3v) is 5.39. The minimum Gasteiger partial charge on any atom is -0.389 e. The van der Waals surface area contributed by atoms with Crippen LogP contribution in [-0.4, -0.2) is 46.1 Å². The molecule has 0 aromatic heterocycles. The fraction of sp³-hybridized carbons (Fsp3) is 0.550. The molecule has 4 heteroatoms. The third-order valence-electron chi connectivity index (χ3n) is 4.34. The second-order valence-corrected chi connectivity index (χ2v) is 7.53. The first-order valence-electron chi connectivity index (χ1n) is 8.98. The smallest absolute Gasteiger partial charge is 0.223 e. The summed E-state index contributed by atoms with van der Waals surface area (Å²) < 4.78 is 0. The van der Waals surface area contributed by atoms with Gasteiger partial charge in [-0.15, -0.1) is 0 Å². The quantitative estimate of drug-likeness (QED) is 0.518. The fourth-order valence-electron chi connectivity index (χ4n) is 2.94. The van der Waals surface area contributed by atoms with Crippen LogP contribution in [0.25, 0.3) is 0 Å². The summed E-state index contributed by atoms with van der Waals surface area (Å²) in [5, 5.41) is 10.2. The molecule has 0 unspecified atom stereocenters. The number of carbonyl (C=O) groups is 1. The van der Waals surface area contributed by atoms with Crippen LogP contribution in [0.15, 0.2) is 42.5 Å². The van der Waals surface area contributed by atoms with Gasteiger partial charge in [0.2, 0.25) is 5.91 Å². The van der Waals surface area contributed by atoms with Gasteiger partial charge in [0.05, 0.1) is 12.1 Å². The number of aliphatic hydroxyl groups is 1. The molecule has 0 bridgehead atoms. The first-order chi connectivity index (χ1) is 11.7. The lowest BCUT2D eigenvalue weighted by molar-refractivity contribution is -0.128. The van der Waals surface area contributed by atoms with E-state index in [0.717, 1.165) is 24.3 Å². The molecule has 24 heavy (non-hydrogen) atoms. The largest absolute Gasteiger partial charge is 0.389 e. The number of carbonyl (C=O) groups excluding carboxylic acids is 1. The molecule has 1 aromatic carbocycles. The van der Waals surface area contributed by atoms with E-state index in [1.807, 2.05) is 59.1 Å². The van der Waals surface area contributed by atoms with Gasteiger partial charge in [0.1, 0.15) is 0 Å². The van der Waals surface area contributed by atoms with Crippen molar-refractivity contribution in [1.29, 1.82) is 0 Å². The molecule has 2 atom stereocenters. The normalized spacial score (nSPS) is 19.3. The van der Waals surface area contributed by atoms with Crippen LogP contribution in [0.2, 0.25) is 0 Å². The highest BCUT2D eigenvalue weighted by molar-refractivity contribution is 7.99. The maximum atomic E-state index is 12.1. The molecule has 0 radical (unpaired) electrons. The van der Waals surface area contributed by atoms with Crippen molar-refractivity contribution >= 4 is 17.7 Å². The highest BCUT2D eigenvalue weighted by atomic mass is 32.2. The topological polar surface area (TPSA) is 40.5 Å². The molecule has 1 aliphatic heterocycles. The summed E-state index contributed by atoms with van der Waals surface area (Å²) in [6.07, 6.45) is 7.96. The Hall–Kier alpha value is -1.26. The van der Waals surface area contributed by atoms with Gasteiger partial charge in [-0.2, -0.15) is 11.8 Å². The highest BCUT2D eigenvalue weighted by Gasteiger charge is 2.28. The van der Waals surface area contributed by atoms with Gasteiger partial charge < -0.3 is 10.0 Å². The SMILES string of the molecule is CCCCSCCN1C(=O)CC[C@@H]1/C=C/[C@@H](O)Cc1ccccc1. The van der Waals surface area contributed by atoms with Crippen LogP contribution in [0, 0.1) is 0 Å². The van der Waals surface area contributed by atoms with Crippen molar-refractivity contribution in [2.45, 2.75) is 51.2 Å². The molecule has 0 spiro atoms. The van der Waals surface area contributed by atoms with Crippen LogP contribution >= 0.6 is 11.8 Å². The number of thioether (sulfide) groups is 1. The van der Waals surface area contributed by atoms with E-state index < -0.39 is 6.10 Å². The Bertz CT molecular complexity index is 518. The molecule has 1 N–H and O–H groups in total. The average Bonchev–Trinajstić information content (AvgIpc) is 2.94. The molecular formula is C20H29NO2S. The standard InChI is InChI=1S/C20H29NO2S/c1-2-3-14-24-15-13-21-18(10-12-20(21)23)9-11-19(22)16-17-7-5-4-6-8-17/h4-9,11,18-19,22H,2-3,10,12-16H2,1H3/b11-9+/t18-,19+/m0/s1. The molecule has 0 saturated carbocycles. The summed E-state index contributed by atoms with van der Waals surface area (Å²) in [6, 6.07) is 10.1. The Balaban J connectivity index is 1.79. The lowest BCUT2D eigenvalue weighted by Crippen LogP contribution is -2.34. The number of benzene rings is 1. The first-order valence-corrected chi connectivity index (χ1v) is 10.1. The van der Waals surface area contributed by atoms with Crippen molar-refractivity contribution in [2.24, 2.45) is 0 Å². The molecule has 1 aliphatic rings. The van der Waals surface area contributed by atoms with Crippen molar-refractivity contribution in [2.75, 3.05) is 18.1 Å². The van der Waals surface area contributed by atoms with Crippen molar-refractivity contribution in [3.8, 4) is 0 Å². The minimum atomic E-state index is -0.496. The summed E-state index contributed by atoms with van der Waals surface area (Å²) in [5.74, 6) is 2.43. The van der Waals surface area contributed by atoms with E-state index in [2.05, 4.69) is 6.92 Å². The fourth-order valence-corrected chi connectivity index (χ4v) is 3.96. The predicted molar refractivity (Wildman–Crippen MR) is 102 cm³/mol. The van der Waals surface area contributed by atoms with E-state index in [9.17, 15) is 9.90 Å². The number of aliphatic hydroxyl groups excluding tert-OH is 1. The predicted octanol–water partition coefficient (Wildman–Crippen LogP) is 3.67. The summed E-state index contributed by atoms with van der Waals surface area (Å²) in [6.45, 7) is 3.02. The number of nitrogens with zero attached hydrogens (tertiary/aromatic N) is 1. The highest BCUT2D eigenvalue weighted by Crippen LogP contribution is 2.21. The third kappa shape index (κ3) is 6.33. The zero-order chi connectivity index (χ0) is 17.2. The number of amides is 1. The molecule has 1 heterocycles. The van der Waals surface area contributed by atoms with Crippen LogP contribution in [0.4, 0.5) is 0 Å². The number of hydrogen-bond acceptors (Lipinski definition) is 3. The van der Waals surface area contributed by atoms with E-state index in [0.29, 0.717) is 12.8 Å². The molecule has 1 saturated heterocycles. The minimum absolute atomic E-state index is 0.148. The molecule has 3 nitrogen and oxygen atoms in total. The van der Waals surface area contributed by atoms with Crippen LogP contribution in [0.1, 0.15) is 38.2 Å². The Morgan fingerprint density at radius 1 is 1.33 bits per heavy atom. The maximum absolute atomic E-state index is 12.1. The van der Waals surface area contributed by atoms with E-state index in [-0.39, 0.29) is 11.9 Å². The second kappa shape index (κ2) is 10.6. The van der Waals surface area contributed by atoms with E-state index in [1.54, 1.807) is 0 Å². The van der Waals surface area contributed by atoms with Gasteiger partial charge in [-0.3, -0.25) is 4.79 Å². The van der Waals surface area contributed by atoms with Gasteiger partial charge in [0.25, 0.3) is 0 Å². The van der Waals surface area contributed by atoms with E-state index in [1.165, 1.54) is 18.6 Å². The number of rotatable bonds is 10. The second-order valence-electron chi connectivity index (χ2n) is 6.30. The van der Waals surface area contributed by atoms with Gasteiger partial charge >= 0.3 is 0 Å². The molecule has 1 aromatic rings. The van der Waals surface area contributed by atoms with Crippen molar-refractivity contribution in [1.82, 2.24) is 4.90 Å². The number of unbranched alkanes of at least 4 members (excludes halogenated alkanes) is 1. The zero-order valence-corrected chi connectivity index (χ0v) is 15.4. The number of likely N-dealkylation sites (tertiary alicyclic amines) is 1. The van der Waals surface area contributed by atoms with E-state index in [4.69, 9.17) is 0 Å². The lowest BCUT2D eigenvalue weighted by atomic mass is 10.1. The Labute approximate surface area is 150 Å². The zero-order valence-electron chi connectivity index (χ0n) is 14.6. The molecule has 1 amide bonds. The van der Waals surface area contributed by atoms with Crippen LogP contribution < -0.4 is 0 Å². The van der Waals surface area contributed by atoms with Crippen molar-refractivity contribution in [3.63, 3.8) is 0 Å². The van der Waals surface area contributed by atoms with Crippen molar-refractivity contribution in [3.05, 3.63) is 48.0 Å². The van der Waals surface area contributed by atoms with E-state index >= 15 is 0 Å².